The quantitative estimate of drug-likeness (QED) is 0.750. The topological polar surface area (TPSA) is 88.0 Å². The highest BCUT2D eigenvalue weighted by Crippen LogP contribution is 2.17. The van der Waals surface area contributed by atoms with Crippen LogP contribution in [0.3, 0.4) is 0 Å². The van der Waals surface area contributed by atoms with Crippen molar-refractivity contribution in [3.05, 3.63) is 0 Å². The number of carbonyl (C=O) groups is 2. The molecule has 0 saturated heterocycles. The van der Waals surface area contributed by atoms with Gasteiger partial charge in [0.25, 0.3) is 5.91 Å². The molecule has 1 amide bonds. The number of carbonyl (C=O) groups excluding carboxylic acids is 1. The highest BCUT2D eigenvalue weighted by Gasteiger charge is 2.34. The molecule has 1 atom stereocenters. The van der Waals surface area contributed by atoms with E-state index >= 15 is 0 Å². The maximum Gasteiger partial charge on any atom is 0.353 e. The molecule has 0 aromatic heterocycles. The third kappa shape index (κ3) is 3.18. The van der Waals surface area contributed by atoms with Crippen molar-refractivity contribution < 1.29 is 19.5 Å². The van der Waals surface area contributed by atoms with Crippen LogP contribution in [-0.4, -0.2) is 34.3 Å². The summed E-state index contributed by atoms with van der Waals surface area (Å²) >= 11 is 0. The minimum absolute atomic E-state index is 0.0185. The Morgan fingerprint density at radius 3 is 2.53 bits per heavy atom. The van der Waals surface area contributed by atoms with Gasteiger partial charge in [0.05, 0.1) is 0 Å². The fourth-order valence-electron chi connectivity index (χ4n) is 1.45. The molecule has 0 fully saturated rings. The predicted octanol–water partition coefficient (Wildman–Crippen LogP) is 0.911. The highest BCUT2D eigenvalue weighted by molar-refractivity contribution is 6.36. The van der Waals surface area contributed by atoms with Crippen LogP contribution in [0.15, 0.2) is 5.16 Å². The highest BCUT2D eigenvalue weighted by atomic mass is 16.6. The zero-order chi connectivity index (χ0) is 13.1. The number of carboxylic acid groups (broad SMARTS) is 1. The summed E-state index contributed by atoms with van der Waals surface area (Å²) in [5, 5.41) is 14.9. The first kappa shape index (κ1) is 13.5. The molecule has 17 heavy (non-hydrogen) atoms. The second-order valence-corrected chi connectivity index (χ2v) is 4.40. The Kier molecular flexibility index (Phi) is 4.09. The lowest BCUT2D eigenvalue weighted by Crippen LogP contribution is -2.49. The molecule has 0 radical (unpaired) electrons. The van der Waals surface area contributed by atoms with Crippen LogP contribution in [0.25, 0.3) is 0 Å². The number of aliphatic carboxylic acids is 1. The first-order valence-electron chi connectivity index (χ1n) is 5.70. The molecular formula is C11H18N2O4. The van der Waals surface area contributed by atoms with Crippen LogP contribution in [0.2, 0.25) is 0 Å². The molecular weight excluding hydrogens is 224 g/mol. The number of carboxylic acids is 1. The van der Waals surface area contributed by atoms with E-state index in [1.807, 2.05) is 20.8 Å². The van der Waals surface area contributed by atoms with E-state index in [1.54, 1.807) is 0 Å². The van der Waals surface area contributed by atoms with Crippen LogP contribution >= 0.6 is 0 Å². The summed E-state index contributed by atoms with van der Waals surface area (Å²) in [5.41, 5.74) is -0.397. The molecule has 0 spiro atoms. The fourth-order valence-corrected chi connectivity index (χ4v) is 1.45. The van der Waals surface area contributed by atoms with Crippen molar-refractivity contribution in [2.75, 3.05) is 0 Å². The van der Waals surface area contributed by atoms with Crippen LogP contribution in [0.1, 0.15) is 40.0 Å². The molecule has 0 bridgehead atoms. The van der Waals surface area contributed by atoms with E-state index in [2.05, 4.69) is 10.5 Å². The smallest absolute Gasteiger partial charge is 0.353 e. The molecule has 1 rings (SSSR count). The molecule has 2 N–H and O–H groups in total. The first-order valence-corrected chi connectivity index (χ1v) is 5.70. The lowest BCUT2D eigenvalue weighted by molar-refractivity contribution is -0.133. The summed E-state index contributed by atoms with van der Waals surface area (Å²) in [6.45, 7) is 5.91. The number of rotatable bonds is 5. The Morgan fingerprint density at radius 1 is 1.53 bits per heavy atom. The van der Waals surface area contributed by atoms with Crippen molar-refractivity contribution in [1.29, 1.82) is 0 Å². The van der Waals surface area contributed by atoms with Crippen molar-refractivity contribution in [2.24, 2.45) is 5.16 Å². The third-order valence-corrected chi connectivity index (χ3v) is 3.19. The summed E-state index contributed by atoms with van der Waals surface area (Å²) < 4.78 is 0. The molecule has 0 saturated carbocycles. The minimum atomic E-state index is -1.14. The number of nitrogens with one attached hydrogen (secondary N) is 1. The molecule has 6 heteroatoms. The fraction of sp³-hybridized carbons (Fsp3) is 0.727. The van der Waals surface area contributed by atoms with Gasteiger partial charge in [-0.2, -0.15) is 0 Å². The van der Waals surface area contributed by atoms with Crippen molar-refractivity contribution in [3.8, 4) is 0 Å². The van der Waals surface area contributed by atoms with E-state index in [0.717, 1.165) is 12.8 Å². The summed E-state index contributed by atoms with van der Waals surface area (Å²) in [5.74, 6) is -1.45. The van der Waals surface area contributed by atoms with Crippen LogP contribution in [0.4, 0.5) is 0 Å². The lowest BCUT2D eigenvalue weighted by Gasteiger charge is -2.29. The van der Waals surface area contributed by atoms with E-state index in [4.69, 9.17) is 9.94 Å². The monoisotopic (exact) mass is 242 g/mol. The van der Waals surface area contributed by atoms with Gasteiger partial charge >= 0.3 is 5.97 Å². The number of nitrogens with zero attached hydrogens (tertiary/aromatic N) is 1. The van der Waals surface area contributed by atoms with Crippen molar-refractivity contribution in [2.45, 2.75) is 51.7 Å². The average Bonchev–Trinajstić information content (AvgIpc) is 2.78. The van der Waals surface area contributed by atoms with Crippen molar-refractivity contribution in [3.63, 3.8) is 0 Å². The van der Waals surface area contributed by atoms with E-state index < -0.39 is 12.1 Å². The maximum atomic E-state index is 11.8. The molecule has 0 aromatic rings. The standard InChI is InChI=1S/C11H18N2O4/c1-4-11(3,5-2)12-9(14)8-6-7(10(15)16)13-17-8/h8H,4-6H2,1-3H3,(H,12,14)(H,15,16). The number of hydrogen-bond donors (Lipinski definition) is 2. The molecule has 1 aliphatic heterocycles. The third-order valence-electron chi connectivity index (χ3n) is 3.19. The molecule has 0 aromatic carbocycles. The molecule has 1 heterocycles. The van der Waals surface area contributed by atoms with Crippen molar-refractivity contribution >= 4 is 17.6 Å². The minimum Gasteiger partial charge on any atom is -0.477 e. The average molecular weight is 242 g/mol. The summed E-state index contributed by atoms with van der Waals surface area (Å²) in [4.78, 5) is 27.3. The van der Waals surface area contributed by atoms with Gasteiger partial charge in [-0.15, -0.1) is 0 Å². The van der Waals surface area contributed by atoms with E-state index in [0.29, 0.717) is 0 Å². The Morgan fingerprint density at radius 2 is 2.12 bits per heavy atom. The zero-order valence-electron chi connectivity index (χ0n) is 10.3. The maximum absolute atomic E-state index is 11.8. The molecule has 1 unspecified atom stereocenters. The Labute approximate surface area is 100 Å². The number of amides is 1. The molecule has 96 valence electrons. The second kappa shape index (κ2) is 5.16. The lowest BCUT2D eigenvalue weighted by atomic mass is 9.95. The number of hydrogen-bond acceptors (Lipinski definition) is 4. The van der Waals surface area contributed by atoms with Crippen LogP contribution in [0, 0.1) is 0 Å². The number of oxime groups is 1. The van der Waals surface area contributed by atoms with Gasteiger partial charge in [-0.3, -0.25) is 4.79 Å². The Bertz CT molecular complexity index is 347. The van der Waals surface area contributed by atoms with Gasteiger partial charge in [-0.05, 0) is 19.8 Å². The van der Waals surface area contributed by atoms with Crippen LogP contribution in [-0.2, 0) is 14.4 Å². The molecule has 6 nitrogen and oxygen atoms in total. The van der Waals surface area contributed by atoms with E-state index in [-0.39, 0.29) is 23.6 Å². The van der Waals surface area contributed by atoms with Gasteiger partial charge in [0.1, 0.15) is 0 Å². The van der Waals surface area contributed by atoms with Gasteiger partial charge in [0, 0.05) is 12.0 Å². The van der Waals surface area contributed by atoms with Crippen LogP contribution in [0.5, 0.6) is 0 Å². The summed E-state index contributed by atoms with van der Waals surface area (Å²) in [6.07, 6.45) is 0.798. The van der Waals surface area contributed by atoms with Gasteiger partial charge < -0.3 is 15.3 Å². The summed E-state index contributed by atoms with van der Waals surface area (Å²) in [6, 6.07) is 0. The second-order valence-electron chi connectivity index (χ2n) is 4.40. The summed E-state index contributed by atoms with van der Waals surface area (Å²) in [7, 11) is 0. The zero-order valence-corrected chi connectivity index (χ0v) is 10.3. The predicted molar refractivity (Wildman–Crippen MR) is 61.7 cm³/mol. The van der Waals surface area contributed by atoms with Gasteiger partial charge in [-0.1, -0.05) is 19.0 Å². The largest absolute Gasteiger partial charge is 0.477 e. The first-order chi connectivity index (χ1) is 7.91. The van der Waals surface area contributed by atoms with Gasteiger partial charge in [0.2, 0.25) is 6.10 Å². The molecule has 0 aliphatic carbocycles. The van der Waals surface area contributed by atoms with E-state index in [9.17, 15) is 9.59 Å². The van der Waals surface area contributed by atoms with E-state index in [1.165, 1.54) is 0 Å². The molecule has 1 aliphatic rings. The van der Waals surface area contributed by atoms with Gasteiger partial charge in [-0.25, -0.2) is 4.79 Å². The van der Waals surface area contributed by atoms with Crippen LogP contribution < -0.4 is 5.32 Å². The van der Waals surface area contributed by atoms with Gasteiger partial charge in [0.15, 0.2) is 5.71 Å². The Hall–Kier alpha value is -1.59. The van der Waals surface area contributed by atoms with Crippen molar-refractivity contribution in [1.82, 2.24) is 5.32 Å². The normalized spacial score (nSPS) is 19.5. The SMILES string of the molecule is CCC(C)(CC)NC(=O)C1CC(C(=O)O)=NO1. The Balaban J connectivity index is 2.55.